The largest absolute Gasteiger partial charge is 0.494 e. The molecule has 0 aromatic heterocycles. The number of carbonyl (C=O) groups is 2. The van der Waals surface area contributed by atoms with Crippen molar-refractivity contribution in [2.45, 2.75) is 124 Å². The second-order valence-corrected chi connectivity index (χ2v) is 13.9. The van der Waals surface area contributed by atoms with Crippen LogP contribution < -0.4 is 4.74 Å². The van der Waals surface area contributed by atoms with Gasteiger partial charge in [0.2, 0.25) is 0 Å². The van der Waals surface area contributed by atoms with Gasteiger partial charge in [-0.3, -0.25) is 9.59 Å². The minimum atomic E-state index is -0.247. The number of rotatable bonds is 11. The molecule has 0 saturated heterocycles. The van der Waals surface area contributed by atoms with Crippen LogP contribution in [0, 0.1) is 28.6 Å². The number of benzene rings is 1. The summed E-state index contributed by atoms with van der Waals surface area (Å²) in [6.07, 6.45) is 20.6. The monoisotopic (exact) mass is 560 g/mol. The number of Topliss-reactive ketones (excluding diaryl/α,β-unsaturated/α-hetero) is 1. The lowest BCUT2D eigenvalue weighted by atomic mass is 9.48. The smallest absolute Gasteiger partial charge is 0.302 e. The van der Waals surface area contributed by atoms with Crippen LogP contribution in [0.1, 0.15) is 123 Å². The number of fused-ring (bicyclic) bond motifs is 5. The first-order valence-electron chi connectivity index (χ1n) is 16.6. The summed E-state index contributed by atoms with van der Waals surface area (Å²) in [5, 5.41) is 0. The molecule has 1 aromatic carbocycles. The third kappa shape index (κ3) is 6.37. The van der Waals surface area contributed by atoms with Gasteiger partial charge in [-0.1, -0.05) is 83.1 Å². The van der Waals surface area contributed by atoms with E-state index in [0.717, 1.165) is 74.9 Å². The second-order valence-electron chi connectivity index (χ2n) is 13.9. The van der Waals surface area contributed by atoms with Crippen molar-refractivity contribution in [3.8, 4) is 5.75 Å². The van der Waals surface area contributed by atoms with Crippen molar-refractivity contribution < 1.29 is 19.1 Å². The molecule has 41 heavy (non-hydrogen) atoms. The Morgan fingerprint density at radius 3 is 2.37 bits per heavy atom. The number of unbranched alkanes of at least 4 members (excludes halogenated alkanes) is 6. The van der Waals surface area contributed by atoms with E-state index in [9.17, 15) is 9.59 Å². The summed E-state index contributed by atoms with van der Waals surface area (Å²) >= 11 is 0. The maximum atomic E-state index is 13.8. The zero-order chi connectivity index (χ0) is 29.0. The molecule has 4 aliphatic rings. The Morgan fingerprint density at radius 2 is 1.63 bits per heavy atom. The quantitative estimate of drug-likeness (QED) is 0.117. The fourth-order valence-electron chi connectivity index (χ4n) is 8.87. The molecule has 0 heterocycles. The molecule has 0 spiro atoms. The van der Waals surface area contributed by atoms with E-state index in [-0.39, 0.29) is 22.9 Å². The van der Waals surface area contributed by atoms with Crippen LogP contribution in [0.2, 0.25) is 0 Å². The molecule has 0 amide bonds. The van der Waals surface area contributed by atoms with E-state index in [4.69, 9.17) is 9.47 Å². The van der Waals surface area contributed by atoms with Gasteiger partial charge in [0.25, 0.3) is 0 Å². The summed E-state index contributed by atoms with van der Waals surface area (Å²) in [4.78, 5) is 25.4. The summed E-state index contributed by atoms with van der Waals surface area (Å²) in [5.74, 6) is 2.68. The highest BCUT2D eigenvalue weighted by Crippen LogP contribution is 2.64. The van der Waals surface area contributed by atoms with Gasteiger partial charge in [-0.2, -0.15) is 0 Å². The number of hydrogen-bond donors (Lipinski definition) is 0. The highest BCUT2D eigenvalue weighted by atomic mass is 16.5. The van der Waals surface area contributed by atoms with E-state index >= 15 is 0 Å². The molecule has 1 aromatic rings. The van der Waals surface area contributed by atoms with E-state index in [0.29, 0.717) is 23.5 Å². The molecule has 0 radical (unpaired) electrons. The highest BCUT2D eigenvalue weighted by molar-refractivity contribution is 6.06. The summed E-state index contributed by atoms with van der Waals surface area (Å²) in [6, 6.07) is 8.31. The van der Waals surface area contributed by atoms with E-state index < -0.39 is 0 Å². The van der Waals surface area contributed by atoms with E-state index in [1.165, 1.54) is 51.0 Å². The molecule has 5 rings (SSSR count). The average molecular weight is 561 g/mol. The molecule has 224 valence electrons. The predicted molar refractivity (Wildman–Crippen MR) is 166 cm³/mol. The molecule has 4 heteroatoms. The minimum Gasteiger partial charge on any atom is -0.494 e. The van der Waals surface area contributed by atoms with Crippen molar-refractivity contribution in [2.24, 2.45) is 28.6 Å². The van der Waals surface area contributed by atoms with Crippen molar-refractivity contribution in [2.75, 3.05) is 6.61 Å². The number of allylic oxidation sites excluding steroid dienone is 2. The maximum absolute atomic E-state index is 13.8. The Bertz CT molecular complexity index is 1150. The number of ether oxygens (including phenoxy) is 2. The average Bonchev–Trinajstić information content (AvgIpc) is 3.20. The third-order valence-corrected chi connectivity index (χ3v) is 11.3. The molecule has 4 nitrogen and oxygen atoms in total. The van der Waals surface area contributed by atoms with Crippen molar-refractivity contribution in [1.82, 2.24) is 0 Å². The molecule has 3 fully saturated rings. The molecule has 4 aliphatic carbocycles. The Labute approximate surface area is 248 Å². The van der Waals surface area contributed by atoms with Gasteiger partial charge in [0, 0.05) is 18.8 Å². The second kappa shape index (κ2) is 12.9. The number of esters is 1. The summed E-state index contributed by atoms with van der Waals surface area (Å²) in [6.45, 7) is 9.25. The first-order chi connectivity index (χ1) is 19.7. The molecule has 3 saturated carbocycles. The Hall–Kier alpha value is -2.36. The van der Waals surface area contributed by atoms with Crippen LogP contribution in [-0.4, -0.2) is 24.5 Å². The first-order valence-corrected chi connectivity index (χ1v) is 16.6. The van der Waals surface area contributed by atoms with Gasteiger partial charge in [-0.25, -0.2) is 0 Å². The summed E-state index contributed by atoms with van der Waals surface area (Å²) in [7, 11) is 0. The molecule has 0 N–H and O–H groups in total. The number of ketones is 1. The molecule has 6 atom stereocenters. The van der Waals surface area contributed by atoms with E-state index in [1.807, 2.05) is 0 Å². The van der Waals surface area contributed by atoms with Crippen molar-refractivity contribution in [3.63, 3.8) is 0 Å². The predicted octanol–water partition coefficient (Wildman–Crippen LogP) is 9.27. The normalized spacial score (nSPS) is 33.5. The van der Waals surface area contributed by atoms with Crippen LogP contribution in [0.3, 0.4) is 0 Å². The van der Waals surface area contributed by atoms with Gasteiger partial charge in [-0.15, -0.1) is 0 Å². The first kappa shape index (κ1) is 30.1. The SMILES string of the molecule is CCCCCCCCCOc1ccc(/C=C2/C[C@H]3[C@@H]4CC=C5C[C@@H](OC(C)=O)CC[C@]5(C)[C@H]4CC[C@]3(C)C2=O)cc1. The van der Waals surface area contributed by atoms with Crippen LogP contribution >= 0.6 is 0 Å². The van der Waals surface area contributed by atoms with Crippen molar-refractivity contribution >= 4 is 17.8 Å². The lowest BCUT2D eigenvalue weighted by Crippen LogP contribution is -2.50. The van der Waals surface area contributed by atoms with Crippen molar-refractivity contribution in [3.05, 3.63) is 47.1 Å². The lowest BCUT2D eigenvalue weighted by molar-refractivity contribution is -0.148. The van der Waals surface area contributed by atoms with Gasteiger partial charge >= 0.3 is 5.97 Å². The van der Waals surface area contributed by atoms with Gasteiger partial charge in [-0.05, 0) is 97.5 Å². The van der Waals surface area contributed by atoms with E-state index in [1.54, 1.807) is 0 Å². The van der Waals surface area contributed by atoms with Crippen LogP contribution in [0.4, 0.5) is 0 Å². The summed E-state index contributed by atoms with van der Waals surface area (Å²) < 4.78 is 11.6. The maximum Gasteiger partial charge on any atom is 0.302 e. The minimum absolute atomic E-state index is 0.0249. The van der Waals surface area contributed by atoms with Crippen LogP contribution in [0.25, 0.3) is 6.08 Å². The summed E-state index contributed by atoms with van der Waals surface area (Å²) in [5.41, 5.74) is 3.52. The highest BCUT2D eigenvalue weighted by Gasteiger charge is 2.60. The van der Waals surface area contributed by atoms with E-state index in [2.05, 4.69) is 57.2 Å². The Balaban J connectivity index is 1.20. The van der Waals surface area contributed by atoms with Crippen LogP contribution in [-0.2, 0) is 14.3 Å². The molecule has 0 aliphatic heterocycles. The topological polar surface area (TPSA) is 52.6 Å². The standard InChI is InChI=1S/C37H52O4/c1-5-6-7-8-9-10-11-22-40-30-15-12-27(13-16-30)23-28-24-34-32-17-14-29-25-31(41-26(2)38)18-20-36(29,3)33(32)19-21-37(34,4)35(28)39/h12-16,23,31-34H,5-11,17-22,24-25H2,1-4H3/b28-23-/t31-,32+,33-,34-,36-,37-/m0/s1. The van der Waals surface area contributed by atoms with Crippen LogP contribution in [0.15, 0.2) is 41.5 Å². The number of carbonyl (C=O) groups excluding carboxylic acids is 2. The van der Waals surface area contributed by atoms with Gasteiger partial charge in [0.1, 0.15) is 11.9 Å². The Morgan fingerprint density at radius 1 is 0.927 bits per heavy atom. The van der Waals surface area contributed by atoms with Crippen molar-refractivity contribution in [1.29, 1.82) is 0 Å². The van der Waals surface area contributed by atoms with Gasteiger partial charge in [0.05, 0.1) is 6.61 Å². The molecular formula is C37H52O4. The van der Waals surface area contributed by atoms with Gasteiger partial charge in [0.15, 0.2) is 5.78 Å². The zero-order valence-electron chi connectivity index (χ0n) is 26.0. The molecular weight excluding hydrogens is 508 g/mol. The fourth-order valence-corrected chi connectivity index (χ4v) is 8.87. The third-order valence-electron chi connectivity index (χ3n) is 11.3. The Kier molecular flexibility index (Phi) is 9.46. The number of hydrogen-bond acceptors (Lipinski definition) is 4. The van der Waals surface area contributed by atoms with Crippen LogP contribution in [0.5, 0.6) is 5.75 Å². The van der Waals surface area contributed by atoms with Gasteiger partial charge < -0.3 is 9.47 Å². The lowest BCUT2D eigenvalue weighted by Gasteiger charge is -2.56. The molecule has 0 unspecified atom stereocenters. The fraction of sp³-hybridized carbons (Fsp3) is 0.676. The molecule has 0 bridgehead atoms. The zero-order valence-corrected chi connectivity index (χ0v) is 26.0.